The van der Waals surface area contributed by atoms with Crippen LogP contribution in [0, 0.1) is 5.92 Å². The number of carbonyl (C=O) groups excluding carboxylic acids is 2. The molecule has 0 saturated carbocycles. The van der Waals surface area contributed by atoms with Crippen LogP contribution in [0.25, 0.3) is 0 Å². The van der Waals surface area contributed by atoms with E-state index in [4.69, 9.17) is 5.11 Å². The van der Waals surface area contributed by atoms with Gasteiger partial charge < -0.3 is 15.7 Å². The topological polar surface area (TPSA) is 95.5 Å². The lowest BCUT2D eigenvalue weighted by Crippen LogP contribution is -2.46. The molecule has 0 fully saturated rings. The first-order valence-corrected chi connectivity index (χ1v) is 6.09. The van der Waals surface area contributed by atoms with Gasteiger partial charge in [-0.2, -0.15) is 0 Å². The molecule has 0 aromatic carbocycles. The molecule has 0 saturated heterocycles. The third kappa shape index (κ3) is 7.65. The Balaban J connectivity index is 4.18. The van der Waals surface area contributed by atoms with Crippen LogP contribution in [0.15, 0.2) is 0 Å². The van der Waals surface area contributed by atoms with E-state index in [2.05, 4.69) is 10.6 Å². The van der Waals surface area contributed by atoms with Gasteiger partial charge in [-0.15, -0.1) is 0 Å². The van der Waals surface area contributed by atoms with Crippen molar-refractivity contribution in [3.8, 4) is 0 Å². The first-order valence-electron chi connectivity index (χ1n) is 6.09. The van der Waals surface area contributed by atoms with E-state index in [-0.39, 0.29) is 37.0 Å². The van der Waals surface area contributed by atoms with Crippen molar-refractivity contribution in [3.05, 3.63) is 0 Å². The number of hydrogen-bond donors (Lipinski definition) is 3. The van der Waals surface area contributed by atoms with Gasteiger partial charge in [0.2, 0.25) is 11.8 Å². The van der Waals surface area contributed by atoms with Crippen LogP contribution in [0.2, 0.25) is 0 Å². The first-order chi connectivity index (χ1) is 8.36. The summed E-state index contributed by atoms with van der Waals surface area (Å²) in [6.07, 6.45) is 0.924. The van der Waals surface area contributed by atoms with E-state index in [1.54, 1.807) is 0 Å². The highest BCUT2D eigenvalue weighted by Gasteiger charge is 2.20. The van der Waals surface area contributed by atoms with Crippen LogP contribution in [0.4, 0.5) is 0 Å². The molecule has 0 radical (unpaired) electrons. The molecule has 3 N–H and O–H groups in total. The predicted octanol–water partition coefficient (Wildman–Crippen LogP) is 0.518. The molecule has 0 aliphatic rings. The molecule has 18 heavy (non-hydrogen) atoms. The van der Waals surface area contributed by atoms with Gasteiger partial charge in [-0.1, -0.05) is 13.8 Å². The molecule has 0 bridgehead atoms. The van der Waals surface area contributed by atoms with Crippen molar-refractivity contribution >= 4 is 17.8 Å². The standard InChI is InChI=1S/C12H22N2O4/c1-8(2)7-9(12(18)13-3)14-10(15)5-4-6-11(16)17/h8-9H,4-7H2,1-3H3,(H,13,18)(H,14,15)(H,16,17). The second-order valence-electron chi connectivity index (χ2n) is 4.61. The molecule has 0 rings (SSSR count). The van der Waals surface area contributed by atoms with E-state index in [1.807, 2.05) is 13.8 Å². The Morgan fingerprint density at radius 1 is 1.17 bits per heavy atom. The SMILES string of the molecule is CNC(=O)C(CC(C)C)NC(=O)CCCC(=O)O. The fourth-order valence-electron chi connectivity index (χ4n) is 1.54. The average molecular weight is 258 g/mol. The molecule has 0 aromatic heterocycles. The summed E-state index contributed by atoms with van der Waals surface area (Å²) in [6, 6.07) is -0.549. The van der Waals surface area contributed by atoms with Gasteiger partial charge in [-0.3, -0.25) is 14.4 Å². The second kappa shape index (κ2) is 8.49. The van der Waals surface area contributed by atoms with Crippen molar-refractivity contribution in [2.24, 2.45) is 5.92 Å². The summed E-state index contributed by atoms with van der Waals surface area (Å²) in [6.45, 7) is 3.93. The Labute approximate surface area is 107 Å². The summed E-state index contributed by atoms with van der Waals surface area (Å²) >= 11 is 0. The monoisotopic (exact) mass is 258 g/mol. The molecule has 1 unspecified atom stereocenters. The lowest BCUT2D eigenvalue weighted by molar-refractivity contribution is -0.137. The number of carbonyl (C=O) groups is 3. The van der Waals surface area contributed by atoms with Gasteiger partial charge in [0.25, 0.3) is 0 Å². The number of amides is 2. The van der Waals surface area contributed by atoms with Crippen LogP contribution in [0.1, 0.15) is 39.5 Å². The minimum atomic E-state index is -0.923. The van der Waals surface area contributed by atoms with Crippen LogP contribution in [-0.4, -0.2) is 36.0 Å². The highest BCUT2D eigenvalue weighted by atomic mass is 16.4. The molecule has 1 atom stereocenters. The molecule has 104 valence electrons. The summed E-state index contributed by atoms with van der Waals surface area (Å²) < 4.78 is 0. The fraction of sp³-hybridized carbons (Fsp3) is 0.750. The lowest BCUT2D eigenvalue weighted by atomic mass is 10.0. The Bertz CT molecular complexity index is 302. The predicted molar refractivity (Wildman–Crippen MR) is 66.9 cm³/mol. The maximum absolute atomic E-state index is 11.6. The van der Waals surface area contributed by atoms with Crippen molar-refractivity contribution < 1.29 is 19.5 Å². The van der Waals surface area contributed by atoms with Gasteiger partial charge in [0.05, 0.1) is 0 Å². The van der Waals surface area contributed by atoms with Crippen LogP contribution in [0.3, 0.4) is 0 Å². The van der Waals surface area contributed by atoms with E-state index in [0.717, 1.165) is 0 Å². The quantitative estimate of drug-likeness (QED) is 0.591. The van der Waals surface area contributed by atoms with Gasteiger partial charge in [-0.05, 0) is 18.8 Å². The molecule has 0 aromatic rings. The van der Waals surface area contributed by atoms with Gasteiger partial charge >= 0.3 is 5.97 Å². The van der Waals surface area contributed by atoms with Crippen LogP contribution >= 0.6 is 0 Å². The second-order valence-corrected chi connectivity index (χ2v) is 4.61. The zero-order valence-corrected chi connectivity index (χ0v) is 11.2. The Morgan fingerprint density at radius 3 is 2.22 bits per heavy atom. The number of likely N-dealkylation sites (N-methyl/N-ethyl adjacent to an activating group) is 1. The van der Waals surface area contributed by atoms with E-state index in [1.165, 1.54) is 7.05 Å². The minimum Gasteiger partial charge on any atom is -0.481 e. The van der Waals surface area contributed by atoms with E-state index >= 15 is 0 Å². The largest absolute Gasteiger partial charge is 0.481 e. The number of hydrogen-bond acceptors (Lipinski definition) is 3. The summed E-state index contributed by atoms with van der Waals surface area (Å²) in [5, 5.41) is 13.6. The molecule has 6 heteroatoms. The molecule has 0 aliphatic heterocycles. The molecule has 6 nitrogen and oxygen atoms in total. The summed E-state index contributed by atoms with van der Waals surface area (Å²) in [5.74, 6) is -1.15. The molecule has 0 spiro atoms. The zero-order chi connectivity index (χ0) is 14.1. The van der Waals surface area contributed by atoms with Crippen molar-refractivity contribution in [2.75, 3.05) is 7.05 Å². The highest BCUT2D eigenvalue weighted by Crippen LogP contribution is 2.06. The van der Waals surface area contributed by atoms with E-state index < -0.39 is 12.0 Å². The molecule has 0 aliphatic carbocycles. The summed E-state index contributed by atoms with van der Waals surface area (Å²) in [5.41, 5.74) is 0. The van der Waals surface area contributed by atoms with Crippen LogP contribution in [0.5, 0.6) is 0 Å². The van der Waals surface area contributed by atoms with Crippen molar-refractivity contribution in [2.45, 2.75) is 45.6 Å². The molecule has 0 heterocycles. The van der Waals surface area contributed by atoms with E-state index in [0.29, 0.717) is 6.42 Å². The van der Waals surface area contributed by atoms with E-state index in [9.17, 15) is 14.4 Å². The van der Waals surface area contributed by atoms with Gasteiger partial charge in [0.1, 0.15) is 6.04 Å². The maximum Gasteiger partial charge on any atom is 0.303 e. The number of carboxylic acids is 1. The van der Waals surface area contributed by atoms with Crippen LogP contribution in [-0.2, 0) is 14.4 Å². The number of aliphatic carboxylic acids is 1. The van der Waals surface area contributed by atoms with Crippen LogP contribution < -0.4 is 10.6 Å². The Kier molecular flexibility index (Phi) is 7.74. The zero-order valence-electron chi connectivity index (χ0n) is 11.2. The number of nitrogens with one attached hydrogen (secondary N) is 2. The third-order valence-electron chi connectivity index (χ3n) is 2.40. The average Bonchev–Trinajstić information content (AvgIpc) is 2.25. The molecule has 2 amide bonds. The first kappa shape index (κ1) is 16.4. The summed E-state index contributed by atoms with van der Waals surface area (Å²) in [7, 11) is 1.52. The fourth-order valence-corrected chi connectivity index (χ4v) is 1.54. The maximum atomic E-state index is 11.6. The van der Waals surface area contributed by atoms with Gasteiger partial charge in [0.15, 0.2) is 0 Å². The van der Waals surface area contributed by atoms with Gasteiger partial charge in [-0.25, -0.2) is 0 Å². The number of carboxylic acid groups (broad SMARTS) is 1. The highest BCUT2D eigenvalue weighted by molar-refractivity contribution is 5.87. The van der Waals surface area contributed by atoms with Gasteiger partial charge in [0, 0.05) is 19.9 Å². The number of rotatable bonds is 8. The van der Waals surface area contributed by atoms with Crippen molar-refractivity contribution in [3.63, 3.8) is 0 Å². The smallest absolute Gasteiger partial charge is 0.303 e. The molecular weight excluding hydrogens is 236 g/mol. The summed E-state index contributed by atoms with van der Waals surface area (Å²) in [4.78, 5) is 33.4. The Morgan fingerprint density at radius 2 is 1.78 bits per heavy atom. The lowest BCUT2D eigenvalue weighted by Gasteiger charge is -2.19. The third-order valence-corrected chi connectivity index (χ3v) is 2.40. The van der Waals surface area contributed by atoms with Crippen molar-refractivity contribution in [1.29, 1.82) is 0 Å². The normalized spacial score (nSPS) is 12.0. The molecular formula is C12H22N2O4. The Hall–Kier alpha value is -1.59. The van der Waals surface area contributed by atoms with Crippen molar-refractivity contribution in [1.82, 2.24) is 10.6 Å². The minimum absolute atomic E-state index is 0.0394.